The number of aromatic nitrogens is 1. The quantitative estimate of drug-likeness (QED) is 0.846. The second-order valence-corrected chi connectivity index (χ2v) is 8.70. The molecule has 1 fully saturated rings. The average molecular weight is 348 g/mol. The van der Waals surface area contributed by atoms with Crippen molar-refractivity contribution in [3.05, 3.63) is 40.9 Å². The Balaban J connectivity index is 1.75. The van der Waals surface area contributed by atoms with Gasteiger partial charge in [0.1, 0.15) is 16.1 Å². The fourth-order valence-electron chi connectivity index (χ4n) is 2.55. The van der Waals surface area contributed by atoms with E-state index >= 15 is 0 Å². The smallest absolute Gasteiger partial charge is 0.252 e. The Labute approximate surface area is 139 Å². The molecule has 2 aromatic heterocycles. The topological polar surface area (TPSA) is 77.3 Å². The monoisotopic (exact) mass is 348 g/mol. The normalized spacial score (nSPS) is 16.3. The SMILES string of the molecule is Cc1ccc(S(=O)(=O)N2CCN(c3ncccc3C#N)CC2)s1. The molecule has 0 radical (unpaired) electrons. The van der Waals surface area contributed by atoms with Crippen LogP contribution in [0, 0.1) is 18.3 Å². The zero-order valence-electron chi connectivity index (χ0n) is 12.6. The molecule has 0 aromatic carbocycles. The van der Waals surface area contributed by atoms with Crippen molar-refractivity contribution in [2.45, 2.75) is 11.1 Å². The molecule has 1 aliphatic rings. The number of thiophene rings is 1. The number of nitrogens with zero attached hydrogens (tertiary/aromatic N) is 4. The van der Waals surface area contributed by atoms with Gasteiger partial charge in [-0.25, -0.2) is 13.4 Å². The maximum absolute atomic E-state index is 12.6. The van der Waals surface area contributed by atoms with Gasteiger partial charge < -0.3 is 4.90 Å². The molecule has 3 rings (SSSR count). The zero-order chi connectivity index (χ0) is 16.4. The van der Waals surface area contributed by atoms with Crippen LogP contribution in [0.4, 0.5) is 5.82 Å². The standard InChI is InChI=1S/C15H16N4O2S2/c1-12-4-5-14(22-12)23(20,21)19-9-7-18(8-10-19)15-13(11-16)3-2-6-17-15/h2-6H,7-10H2,1H3. The second kappa shape index (κ2) is 6.28. The van der Waals surface area contributed by atoms with Crippen LogP contribution in [0.5, 0.6) is 0 Å². The van der Waals surface area contributed by atoms with Gasteiger partial charge in [-0.2, -0.15) is 9.57 Å². The molecule has 0 bridgehead atoms. The first-order chi connectivity index (χ1) is 11.0. The molecular weight excluding hydrogens is 332 g/mol. The average Bonchev–Trinajstić information content (AvgIpc) is 3.02. The van der Waals surface area contributed by atoms with Crippen molar-refractivity contribution in [3.63, 3.8) is 0 Å². The Morgan fingerprint density at radius 1 is 1.22 bits per heavy atom. The van der Waals surface area contributed by atoms with Gasteiger partial charge in [0.15, 0.2) is 0 Å². The summed E-state index contributed by atoms with van der Waals surface area (Å²) in [4.78, 5) is 7.20. The van der Waals surface area contributed by atoms with Gasteiger partial charge in [-0.3, -0.25) is 0 Å². The van der Waals surface area contributed by atoms with E-state index in [4.69, 9.17) is 5.26 Å². The summed E-state index contributed by atoms with van der Waals surface area (Å²) in [6, 6.07) is 9.06. The van der Waals surface area contributed by atoms with E-state index < -0.39 is 10.0 Å². The Morgan fingerprint density at radius 2 is 1.96 bits per heavy atom. The number of piperazine rings is 1. The third kappa shape index (κ3) is 3.08. The van der Waals surface area contributed by atoms with Gasteiger partial charge in [-0.1, -0.05) is 0 Å². The molecule has 6 nitrogen and oxygen atoms in total. The summed E-state index contributed by atoms with van der Waals surface area (Å²) >= 11 is 1.29. The van der Waals surface area contributed by atoms with Gasteiger partial charge in [-0.15, -0.1) is 11.3 Å². The maximum atomic E-state index is 12.6. The molecule has 0 N–H and O–H groups in total. The molecule has 23 heavy (non-hydrogen) atoms. The van der Waals surface area contributed by atoms with Crippen LogP contribution in [0.1, 0.15) is 10.4 Å². The minimum Gasteiger partial charge on any atom is -0.353 e. The molecule has 2 aromatic rings. The molecule has 0 aliphatic carbocycles. The summed E-state index contributed by atoms with van der Waals surface area (Å²) in [6.07, 6.45) is 1.65. The molecule has 0 saturated carbocycles. The first-order valence-corrected chi connectivity index (χ1v) is 9.44. The number of pyridine rings is 1. The van der Waals surface area contributed by atoms with Crippen LogP contribution in [0.25, 0.3) is 0 Å². The van der Waals surface area contributed by atoms with Crippen molar-refractivity contribution < 1.29 is 8.42 Å². The largest absolute Gasteiger partial charge is 0.353 e. The number of sulfonamides is 1. The van der Waals surface area contributed by atoms with E-state index in [0.717, 1.165) is 4.88 Å². The van der Waals surface area contributed by atoms with Crippen molar-refractivity contribution >= 4 is 27.2 Å². The van der Waals surface area contributed by atoms with E-state index in [-0.39, 0.29) is 0 Å². The predicted octanol–water partition coefficient (Wildman–Crippen LogP) is 1.83. The fourth-order valence-corrected chi connectivity index (χ4v) is 5.41. The third-order valence-electron chi connectivity index (χ3n) is 3.76. The Hall–Kier alpha value is -1.95. The maximum Gasteiger partial charge on any atom is 0.252 e. The van der Waals surface area contributed by atoms with Crippen LogP contribution in [0.15, 0.2) is 34.7 Å². The molecule has 0 atom stereocenters. The highest BCUT2D eigenvalue weighted by molar-refractivity contribution is 7.91. The Kier molecular flexibility index (Phi) is 4.35. The van der Waals surface area contributed by atoms with Gasteiger partial charge in [0.2, 0.25) is 0 Å². The summed E-state index contributed by atoms with van der Waals surface area (Å²) in [5.41, 5.74) is 0.512. The molecular formula is C15H16N4O2S2. The highest BCUT2D eigenvalue weighted by Gasteiger charge is 2.30. The lowest BCUT2D eigenvalue weighted by atomic mass is 10.2. The predicted molar refractivity (Wildman–Crippen MR) is 89.0 cm³/mol. The van der Waals surface area contributed by atoms with Crippen LogP contribution >= 0.6 is 11.3 Å². The fraction of sp³-hybridized carbons (Fsp3) is 0.333. The molecule has 0 spiro atoms. The van der Waals surface area contributed by atoms with Crippen molar-refractivity contribution in [2.24, 2.45) is 0 Å². The summed E-state index contributed by atoms with van der Waals surface area (Å²) in [5, 5.41) is 9.16. The molecule has 8 heteroatoms. The van der Waals surface area contributed by atoms with E-state index in [1.165, 1.54) is 15.6 Å². The molecule has 1 saturated heterocycles. The van der Waals surface area contributed by atoms with Crippen LogP contribution < -0.4 is 4.90 Å². The zero-order valence-corrected chi connectivity index (χ0v) is 14.3. The van der Waals surface area contributed by atoms with Crippen LogP contribution in [-0.2, 0) is 10.0 Å². The Morgan fingerprint density at radius 3 is 2.57 bits per heavy atom. The van der Waals surface area contributed by atoms with E-state index in [1.54, 1.807) is 24.4 Å². The minimum atomic E-state index is -3.42. The highest BCUT2D eigenvalue weighted by atomic mass is 32.2. The van der Waals surface area contributed by atoms with Crippen LogP contribution in [0.3, 0.4) is 0 Å². The third-order valence-corrected chi connectivity index (χ3v) is 7.12. The van der Waals surface area contributed by atoms with Crippen LogP contribution in [-0.4, -0.2) is 43.9 Å². The summed E-state index contributed by atoms with van der Waals surface area (Å²) in [7, 11) is -3.42. The van der Waals surface area contributed by atoms with E-state index in [0.29, 0.717) is 41.8 Å². The van der Waals surface area contributed by atoms with Crippen molar-refractivity contribution in [3.8, 4) is 6.07 Å². The highest BCUT2D eigenvalue weighted by Crippen LogP contribution is 2.26. The van der Waals surface area contributed by atoms with Crippen molar-refractivity contribution in [1.29, 1.82) is 5.26 Å². The number of hydrogen-bond acceptors (Lipinski definition) is 6. The summed E-state index contributed by atoms with van der Waals surface area (Å²) in [6.45, 7) is 3.72. The lowest BCUT2D eigenvalue weighted by molar-refractivity contribution is 0.384. The van der Waals surface area contributed by atoms with E-state index in [2.05, 4.69) is 11.1 Å². The van der Waals surface area contributed by atoms with Gasteiger partial charge >= 0.3 is 0 Å². The van der Waals surface area contributed by atoms with Crippen LogP contribution in [0.2, 0.25) is 0 Å². The molecule has 3 heterocycles. The first-order valence-electron chi connectivity index (χ1n) is 7.19. The molecule has 0 amide bonds. The van der Waals surface area contributed by atoms with E-state index in [1.807, 2.05) is 17.9 Å². The van der Waals surface area contributed by atoms with E-state index in [9.17, 15) is 8.42 Å². The number of aryl methyl sites for hydroxylation is 1. The number of hydrogen-bond donors (Lipinski definition) is 0. The lowest BCUT2D eigenvalue weighted by Crippen LogP contribution is -2.49. The van der Waals surface area contributed by atoms with Gasteiger partial charge in [0, 0.05) is 37.3 Å². The minimum absolute atomic E-state index is 0.388. The van der Waals surface area contributed by atoms with Gasteiger partial charge in [-0.05, 0) is 31.2 Å². The first kappa shape index (κ1) is 15.9. The van der Waals surface area contributed by atoms with Crippen molar-refractivity contribution in [2.75, 3.05) is 31.1 Å². The van der Waals surface area contributed by atoms with Gasteiger partial charge in [0.05, 0.1) is 5.56 Å². The second-order valence-electron chi connectivity index (χ2n) is 5.24. The Bertz CT molecular complexity index is 846. The number of nitriles is 1. The molecule has 0 unspecified atom stereocenters. The molecule has 1 aliphatic heterocycles. The number of anilines is 1. The molecule has 120 valence electrons. The van der Waals surface area contributed by atoms with Gasteiger partial charge in [0.25, 0.3) is 10.0 Å². The summed E-state index contributed by atoms with van der Waals surface area (Å²) < 4.78 is 27.1. The summed E-state index contributed by atoms with van der Waals surface area (Å²) in [5.74, 6) is 0.624. The lowest BCUT2D eigenvalue weighted by Gasteiger charge is -2.34. The van der Waals surface area contributed by atoms with Crippen molar-refractivity contribution in [1.82, 2.24) is 9.29 Å². The number of rotatable bonds is 3.